The van der Waals surface area contributed by atoms with Gasteiger partial charge in [-0.1, -0.05) is 23.2 Å². The van der Waals surface area contributed by atoms with E-state index in [1.165, 1.54) is 12.1 Å². The summed E-state index contributed by atoms with van der Waals surface area (Å²) in [7, 11) is -1.83. The number of benzene rings is 1. The lowest BCUT2D eigenvalue weighted by molar-refractivity contribution is 0.0825. The first-order valence-corrected chi connectivity index (χ1v) is 8.21. The second-order valence-electron chi connectivity index (χ2n) is 4.42. The second-order valence-corrected chi connectivity index (χ2v) is 7.40. The topological polar surface area (TPSA) is 55.4 Å². The molecule has 0 spiro atoms. The maximum absolute atomic E-state index is 12.7. The van der Waals surface area contributed by atoms with E-state index in [2.05, 4.69) is 5.32 Å². The molecular formula is C12H15Cl2NO3S. The first kappa shape index (κ1) is 15.1. The highest BCUT2D eigenvalue weighted by atomic mass is 35.5. The van der Waals surface area contributed by atoms with Crippen LogP contribution in [0.4, 0.5) is 0 Å². The summed E-state index contributed by atoms with van der Waals surface area (Å²) < 4.78 is 30.6. The van der Waals surface area contributed by atoms with Gasteiger partial charge in [0, 0.05) is 17.7 Å². The zero-order chi connectivity index (χ0) is 14.0. The summed E-state index contributed by atoms with van der Waals surface area (Å²) >= 11 is 11.9. The molecular weight excluding hydrogens is 309 g/mol. The van der Waals surface area contributed by atoms with Gasteiger partial charge in [-0.25, -0.2) is 8.42 Å². The minimum absolute atomic E-state index is 0.0671. The van der Waals surface area contributed by atoms with Gasteiger partial charge in [0.05, 0.1) is 16.5 Å². The molecule has 106 valence electrons. The molecule has 1 N–H and O–H groups in total. The van der Waals surface area contributed by atoms with Crippen LogP contribution in [0.2, 0.25) is 10.0 Å². The highest BCUT2D eigenvalue weighted by Gasteiger charge is 2.37. The molecule has 1 aliphatic heterocycles. The van der Waals surface area contributed by atoms with E-state index >= 15 is 0 Å². The van der Waals surface area contributed by atoms with Gasteiger partial charge >= 0.3 is 0 Å². The van der Waals surface area contributed by atoms with Crippen molar-refractivity contribution in [1.82, 2.24) is 5.32 Å². The summed E-state index contributed by atoms with van der Waals surface area (Å²) in [5.74, 6) is 0. The monoisotopic (exact) mass is 323 g/mol. The van der Waals surface area contributed by atoms with Crippen molar-refractivity contribution >= 4 is 33.0 Å². The summed E-state index contributed by atoms with van der Waals surface area (Å²) in [5, 5.41) is 2.91. The van der Waals surface area contributed by atoms with Crippen LogP contribution in [0.15, 0.2) is 23.1 Å². The van der Waals surface area contributed by atoms with Crippen LogP contribution < -0.4 is 5.32 Å². The van der Waals surface area contributed by atoms with Gasteiger partial charge in [-0.2, -0.15) is 0 Å². The SMILES string of the molecule is CNC1CCOCC1S(=O)(=O)c1cc(Cl)ccc1Cl. The number of sulfone groups is 1. The Morgan fingerprint density at radius 3 is 2.79 bits per heavy atom. The molecule has 0 amide bonds. The average molecular weight is 324 g/mol. The average Bonchev–Trinajstić information content (AvgIpc) is 2.41. The third-order valence-electron chi connectivity index (χ3n) is 3.27. The molecule has 0 bridgehead atoms. The fourth-order valence-electron chi connectivity index (χ4n) is 2.21. The maximum atomic E-state index is 12.7. The Kier molecular flexibility index (Phi) is 4.74. The lowest BCUT2D eigenvalue weighted by atomic mass is 10.1. The lowest BCUT2D eigenvalue weighted by Gasteiger charge is -2.31. The van der Waals surface area contributed by atoms with E-state index < -0.39 is 15.1 Å². The van der Waals surface area contributed by atoms with Crippen molar-refractivity contribution in [3.63, 3.8) is 0 Å². The highest BCUT2D eigenvalue weighted by molar-refractivity contribution is 7.92. The molecule has 2 unspecified atom stereocenters. The summed E-state index contributed by atoms with van der Waals surface area (Å²) in [5.41, 5.74) is 0. The number of hydrogen-bond donors (Lipinski definition) is 1. The van der Waals surface area contributed by atoms with E-state index in [1.54, 1.807) is 13.1 Å². The minimum atomic E-state index is -3.58. The molecule has 19 heavy (non-hydrogen) atoms. The molecule has 1 aromatic carbocycles. The fourth-order valence-corrected chi connectivity index (χ4v) is 4.82. The smallest absolute Gasteiger partial charge is 0.186 e. The number of ether oxygens (including phenoxy) is 1. The van der Waals surface area contributed by atoms with Crippen LogP contribution in [-0.4, -0.2) is 40.0 Å². The Bertz CT molecular complexity index is 562. The molecule has 1 saturated heterocycles. The van der Waals surface area contributed by atoms with Crippen LogP contribution in [0.3, 0.4) is 0 Å². The number of halogens is 2. The van der Waals surface area contributed by atoms with E-state index in [1.807, 2.05) is 0 Å². The van der Waals surface area contributed by atoms with E-state index in [0.29, 0.717) is 18.1 Å². The van der Waals surface area contributed by atoms with Gasteiger partial charge in [0.25, 0.3) is 0 Å². The number of nitrogens with one attached hydrogen (secondary N) is 1. The Hall–Kier alpha value is -0.330. The fraction of sp³-hybridized carbons (Fsp3) is 0.500. The molecule has 0 saturated carbocycles. The second kappa shape index (κ2) is 5.97. The third-order valence-corrected chi connectivity index (χ3v) is 6.16. The van der Waals surface area contributed by atoms with Crippen molar-refractivity contribution in [2.45, 2.75) is 22.6 Å². The van der Waals surface area contributed by atoms with Crippen LogP contribution in [0.5, 0.6) is 0 Å². The van der Waals surface area contributed by atoms with Gasteiger partial charge in [-0.3, -0.25) is 0 Å². The van der Waals surface area contributed by atoms with Crippen molar-refractivity contribution in [3.8, 4) is 0 Å². The molecule has 1 aliphatic rings. The molecule has 0 aromatic heterocycles. The summed E-state index contributed by atoms with van der Waals surface area (Å²) in [6.45, 7) is 0.720. The Morgan fingerprint density at radius 1 is 1.37 bits per heavy atom. The largest absolute Gasteiger partial charge is 0.380 e. The summed E-state index contributed by atoms with van der Waals surface area (Å²) in [6, 6.07) is 4.30. The third kappa shape index (κ3) is 3.06. The first-order valence-electron chi connectivity index (χ1n) is 5.91. The van der Waals surface area contributed by atoms with Gasteiger partial charge in [-0.15, -0.1) is 0 Å². The normalized spacial score (nSPS) is 24.4. The van der Waals surface area contributed by atoms with Crippen molar-refractivity contribution < 1.29 is 13.2 Å². The van der Waals surface area contributed by atoms with E-state index in [9.17, 15) is 8.42 Å². The van der Waals surface area contributed by atoms with Crippen molar-refractivity contribution in [3.05, 3.63) is 28.2 Å². The molecule has 0 radical (unpaired) electrons. The molecule has 1 heterocycles. The van der Waals surface area contributed by atoms with Gasteiger partial charge in [0.1, 0.15) is 5.25 Å². The van der Waals surface area contributed by atoms with Crippen LogP contribution in [-0.2, 0) is 14.6 Å². The predicted octanol–water partition coefficient (Wildman–Crippen LogP) is 2.14. The van der Waals surface area contributed by atoms with Gasteiger partial charge in [0.2, 0.25) is 0 Å². The van der Waals surface area contributed by atoms with Crippen LogP contribution in [0, 0.1) is 0 Å². The highest BCUT2D eigenvalue weighted by Crippen LogP contribution is 2.30. The molecule has 4 nitrogen and oxygen atoms in total. The van der Waals surface area contributed by atoms with Gasteiger partial charge in [0.15, 0.2) is 9.84 Å². The van der Waals surface area contributed by atoms with Crippen LogP contribution >= 0.6 is 23.2 Å². The zero-order valence-electron chi connectivity index (χ0n) is 10.4. The molecule has 2 atom stereocenters. The zero-order valence-corrected chi connectivity index (χ0v) is 12.7. The van der Waals surface area contributed by atoms with Gasteiger partial charge in [-0.05, 0) is 31.7 Å². The molecule has 1 aromatic rings. The number of rotatable bonds is 3. The minimum Gasteiger partial charge on any atom is -0.380 e. The molecule has 2 rings (SSSR count). The van der Waals surface area contributed by atoms with E-state index in [4.69, 9.17) is 27.9 Å². The Balaban J connectivity index is 2.43. The van der Waals surface area contributed by atoms with Crippen molar-refractivity contribution in [1.29, 1.82) is 0 Å². The quantitative estimate of drug-likeness (QED) is 0.926. The van der Waals surface area contributed by atoms with Gasteiger partial charge < -0.3 is 10.1 Å². The first-order chi connectivity index (χ1) is 8.96. The summed E-state index contributed by atoms with van der Waals surface area (Å²) in [6.07, 6.45) is 0.651. The molecule has 7 heteroatoms. The van der Waals surface area contributed by atoms with E-state index in [-0.39, 0.29) is 22.6 Å². The Labute approximate surface area is 123 Å². The molecule has 1 fully saturated rings. The predicted molar refractivity (Wildman–Crippen MR) is 75.7 cm³/mol. The number of hydrogen-bond acceptors (Lipinski definition) is 4. The van der Waals surface area contributed by atoms with Crippen molar-refractivity contribution in [2.75, 3.05) is 20.3 Å². The van der Waals surface area contributed by atoms with Crippen LogP contribution in [0.25, 0.3) is 0 Å². The lowest BCUT2D eigenvalue weighted by Crippen LogP contribution is -2.49. The van der Waals surface area contributed by atoms with E-state index in [0.717, 1.165) is 0 Å². The molecule has 0 aliphatic carbocycles. The standard InChI is InChI=1S/C12H15Cl2NO3S/c1-15-10-4-5-18-7-12(10)19(16,17)11-6-8(13)2-3-9(11)14/h2-3,6,10,12,15H,4-5,7H2,1H3. The van der Waals surface area contributed by atoms with Crippen molar-refractivity contribution in [2.24, 2.45) is 0 Å². The Morgan fingerprint density at radius 2 is 2.11 bits per heavy atom. The maximum Gasteiger partial charge on any atom is 0.186 e. The van der Waals surface area contributed by atoms with Crippen LogP contribution in [0.1, 0.15) is 6.42 Å². The summed E-state index contributed by atoms with van der Waals surface area (Å²) in [4.78, 5) is 0.0671.